The Kier molecular flexibility index (Phi) is 5.41. The van der Waals surface area contributed by atoms with Crippen molar-refractivity contribution in [3.63, 3.8) is 0 Å². The first kappa shape index (κ1) is 19.9. The van der Waals surface area contributed by atoms with Gasteiger partial charge in [-0.1, -0.05) is 17.7 Å². The Labute approximate surface area is 161 Å². The summed E-state index contributed by atoms with van der Waals surface area (Å²) in [5, 5.41) is 10.4. The number of nitrogens with zero attached hydrogens (tertiary/aromatic N) is 4. The maximum absolute atomic E-state index is 13.1. The first-order valence-corrected chi connectivity index (χ1v) is 8.37. The molecule has 2 aromatic heterocycles. The van der Waals surface area contributed by atoms with Gasteiger partial charge in [-0.15, -0.1) is 0 Å². The lowest BCUT2D eigenvalue weighted by Gasteiger charge is -2.09. The van der Waals surface area contributed by atoms with Crippen LogP contribution in [0.3, 0.4) is 0 Å². The number of aromatic nitrogens is 4. The van der Waals surface area contributed by atoms with Gasteiger partial charge in [-0.25, -0.2) is 4.39 Å². The summed E-state index contributed by atoms with van der Waals surface area (Å²) in [5.74, 6) is -1.15. The second-order valence-electron chi connectivity index (χ2n) is 6.04. The zero-order valence-electron chi connectivity index (χ0n) is 14.5. The molecule has 0 radical (unpaired) electrons. The largest absolute Gasteiger partial charge is 0.433 e. The second-order valence-corrected chi connectivity index (χ2v) is 6.44. The summed E-state index contributed by atoms with van der Waals surface area (Å²) >= 11 is 5.96. The van der Waals surface area contributed by atoms with Crippen LogP contribution in [0.15, 0.2) is 36.7 Å². The fraction of sp³-hybridized carbons (Fsp3) is 0.235. The van der Waals surface area contributed by atoms with Gasteiger partial charge in [-0.3, -0.25) is 14.2 Å². The van der Waals surface area contributed by atoms with Gasteiger partial charge in [0.15, 0.2) is 0 Å². The average molecular weight is 416 g/mol. The Balaban J connectivity index is 1.66. The molecule has 1 amide bonds. The lowest BCUT2D eigenvalue weighted by Crippen LogP contribution is -2.23. The molecule has 0 unspecified atom stereocenters. The van der Waals surface area contributed by atoms with Gasteiger partial charge in [0.2, 0.25) is 5.91 Å². The molecule has 0 saturated carbocycles. The number of rotatable bonds is 5. The van der Waals surface area contributed by atoms with Crippen molar-refractivity contribution in [3.8, 4) is 0 Å². The van der Waals surface area contributed by atoms with E-state index in [-0.39, 0.29) is 17.3 Å². The molecule has 3 rings (SSSR count). The van der Waals surface area contributed by atoms with Crippen LogP contribution in [0.2, 0.25) is 5.02 Å². The summed E-state index contributed by atoms with van der Waals surface area (Å²) in [6.07, 6.45) is -1.79. The van der Waals surface area contributed by atoms with Gasteiger partial charge in [0.25, 0.3) is 0 Å². The van der Waals surface area contributed by atoms with E-state index in [0.717, 1.165) is 6.07 Å². The van der Waals surface area contributed by atoms with Crippen molar-refractivity contribution >= 4 is 23.2 Å². The highest BCUT2D eigenvalue weighted by Gasteiger charge is 2.35. The van der Waals surface area contributed by atoms with Gasteiger partial charge in [0.05, 0.1) is 24.1 Å². The lowest BCUT2D eigenvalue weighted by atomic mass is 10.2. The van der Waals surface area contributed by atoms with Crippen LogP contribution < -0.4 is 5.32 Å². The van der Waals surface area contributed by atoms with E-state index in [0.29, 0.717) is 15.9 Å². The average Bonchev–Trinajstić information content (AvgIpc) is 3.16. The number of anilines is 1. The highest BCUT2D eigenvalue weighted by atomic mass is 35.5. The third-order valence-electron chi connectivity index (χ3n) is 3.75. The molecule has 0 aliphatic rings. The fourth-order valence-electron chi connectivity index (χ4n) is 2.57. The zero-order valence-corrected chi connectivity index (χ0v) is 15.2. The molecule has 0 bridgehead atoms. The van der Waals surface area contributed by atoms with Crippen LogP contribution in [0.25, 0.3) is 0 Å². The number of hydrogen-bond donors (Lipinski definition) is 1. The maximum Gasteiger partial charge on any atom is 0.433 e. The van der Waals surface area contributed by atoms with Crippen molar-refractivity contribution in [2.75, 3.05) is 5.32 Å². The van der Waals surface area contributed by atoms with Gasteiger partial charge in [0.1, 0.15) is 18.1 Å². The van der Waals surface area contributed by atoms with Crippen LogP contribution in [-0.2, 0) is 24.1 Å². The fourth-order valence-corrected chi connectivity index (χ4v) is 2.80. The number of halogens is 5. The van der Waals surface area contributed by atoms with Gasteiger partial charge >= 0.3 is 6.18 Å². The summed E-state index contributed by atoms with van der Waals surface area (Å²) in [5.41, 5.74) is 0.0671. The molecule has 0 saturated heterocycles. The highest BCUT2D eigenvalue weighted by molar-refractivity contribution is 6.31. The number of carbonyl (C=O) groups is 1. The summed E-state index contributed by atoms with van der Waals surface area (Å²) in [6, 6.07) is 4.82. The van der Waals surface area contributed by atoms with Crippen molar-refractivity contribution in [2.45, 2.75) is 26.2 Å². The molecule has 0 atom stereocenters. The molecule has 1 N–H and O–H groups in total. The third-order valence-corrected chi connectivity index (χ3v) is 4.10. The van der Waals surface area contributed by atoms with Crippen molar-refractivity contribution in [1.29, 1.82) is 0 Å². The highest BCUT2D eigenvalue weighted by Crippen LogP contribution is 2.29. The van der Waals surface area contributed by atoms with E-state index < -0.39 is 30.1 Å². The minimum Gasteiger partial charge on any atom is -0.322 e. The first-order valence-electron chi connectivity index (χ1n) is 7.99. The number of hydrogen-bond acceptors (Lipinski definition) is 3. The predicted molar refractivity (Wildman–Crippen MR) is 93.3 cm³/mol. The standard InChI is InChI=1S/C17H14ClF4N5O/c1-10-4-15(17(20,21)22)27(25-10)9-16(28)24-13-6-23-26(8-13)7-11-2-3-12(19)5-14(11)18/h2-6,8H,7,9H2,1H3,(H,24,28). The van der Waals surface area contributed by atoms with Crippen LogP contribution in [0.5, 0.6) is 0 Å². The molecule has 148 valence electrons. The molecule has 1 aromatic carbocycles. The Hall–Kier alpha value is -2.88. The number of nitrogens with one attached hydrogen (secondary N) is 1. The number of alkyl halides is 3. The second kappa shape index (κ2) is 7.63. The SMILES string of the molecule is Cc1cc(C(F)(F)F)n(CC(=O)Nc2cnn(Cc3ccc(F)cc3Cl)c2)n1. The topological polar surface area (TPSA) is 64.7 Å². The van der Waals surface area contributed by atoms with E-state index in [1.807, 2.05) is 0 Å². The third kappa shape index (κ3) is 4.69. The predicted octanol–water partition coefficient (Wildman–Crippen LogP) is 3.89. The molecular weight excluding hydrogens is 402 g/mol. The molecule has 0 fully saturated rings. The van der Waals surface area contributed by atoms with Gasteiger partial charge < -0.3 is 5.32 Å². The summed E-state index contributed by atoms with van der Waals surface area (Å²) in [6.45, 7) is 1.04. The van der Waals surface area contributed by atoms with Crippen LogP contribution in [0, 0.1) is 12.7 Å². The summed E-state index contributed by atoms with van der Waals surface area (Å²) in [7, 11) is 0. The Morgan fingerprint density at radius 3 is 2.71 bits per heavy atom. The van der Waals surface area contributed by atoms with Crippen molar-refractivity contribution in [1.82, 2.24) is 19.6 Å². The van der Waals surface area contributed by atoms with Crippen molar-refractivity contribution < 1.29 is 22.4 Å². The van der Waals surface area contributed by atoms with Gasteiger partial charge in [0, 0.05) is 11.2 Å². The van der Waals surface area contributed by atoms with Crippen LogP contribution in [0.1, 0.15) is 17.0 Å². The Morgan fingerprint density at radius 2 is 2.04 bits per heavy atom. The van der Waals surface area contributed by atoms with E-state index in [2.05, 4.69) is 15.5 Å². The molecule has 11 heteroatoms. The number of aryl methyl sites for hydroxylation is 1. The number of carbonyl (C=O) groups excluding carboxylic acids is 1. The van der Waals surface area contributed by atoms with E-state index in [4.69, 9.17) is 11.6 Å². The van der Waals surface area contributed by atoms with E-state index in [9.17, 15) is 22.4 Å². The van der Waals surface area contributed by atoms with Crippen LogP contribution in [-0.4, -0.2) is 25.5 Å². The van der Waals surface area contributed by atoms with Gasteiger partial charge in [-0.2, -0.15) is 23.4 Å². The van der Waals surface area contributed by atoms with E-state index in [1.165, 1.54) is 42.2 Å². The molecule has 0 spiro atoms. The first-order chi connectivity index (χ1) is 13.1. The van der Waals surface area contributed by atoms with Crippen LogP contribution >= 0.6 is 11.6 Å². The van der Waals surface area contributed by atoms with E-state index >= 15 is 0 Å². The minimum atomic E-state index is -4.61. The monoisotopic (exact) mass is 415 g/mol. The smallest absolute Gasteiger partial charge is 0.322 e. The quantitative estimate of drug-likeness (QED) is 0.643. The maximum atomic E-state index is 13.1. The van der Waals surface area contributed by atoms with Crippen molar-refractivity contribution in [3.05, 3.63) is 64.5 Å². The molecule has 28 heavy (non-hydrogen) atoms. The van der Waals surface area contributed by atoms with Crippen molar-refractivity contribution in [2.24, 2.45) is 0 Å². The van der Waals surface area contributed by atoms with E-state index in [1.54, 1.807) is 0 Å². The Bertz CT molecular complexity index is 1010. The lowest BCUT2D eigenvalue weighted by molar-refractivity contribution is -0.144. The number of amides is 1. The Morgan fingerprint density at radius 1 is 1.29 bits per heavy atom. The molecule has 6 nitrogen and oxygen atoms in total. The van der Waals surface area contributed by atoms with Gasteiger partial charge in [-0.05, 0) is 30.7 Å². The minimum absolute atomic E-state index is 0.157. The molecule has 3 aromatic rings. The normalized spacial score (nSPS) is 11.6. The zero-order chi connectivity index (χ0) is 20.5. The number of benzene rings is 1. The molecular formula is C17H14ClF4N5O. The summed E-state index contributed by atoms with van der Waals surface area (Å²) in [4.78, 5) is 12.1. The molecule has 2 heterocycles. The molecule has 0 aliphatic carbocycles. The van der Waals surface area contributed by atoms with Crippen LogP contribution in [0.4, 0.5) is 23.2 Å². The molecule has 0 aliphatic heterocycles. The summed E-state index contributed by atoms with van der Waals surface area (Å²) < 4.78 is 54.0.